The third-order valence-corrected chi connectivity index (χ3v) is 5.05. The molecule has 1 rings (SSSR count). The number of ether oxygens (including phenoxy) is 2. The SMILES string of the molecule is CO[C@H]1O[C@H](COP(=O)(O)O)[C@@H](OP(=O)(O)O)[C@H](OP(=O)(O)O)[C@H]1OP(=O)(O)O. The van der Waals surface area contributed by atoms with Crippen LogP contribution in [0.3, 0.4) is 0 Å². The van der Waals surface area contributed by atoms with E-state index in [2.05, 4.69) is 18.1 Å². The van der Waals surface area contributed by atoms with Gasteiger partial charge in [0.15, 0.2) is 6.29 Å². The Morgan fingerprint density at radius 1 is 0.690 bits per heavy atom. The summed E-state index contributed by atoms with van der Waals surface area (Å²) in [5, 5.41) is 0. The van der Waals surface area contributed by atoms with Crippen LogP contribution in [0.1, 0.15) is 0 Å². The zero-order valence-electron chi connectivity index (χ0n) is 14.0. The van der Waals surface area contributed by atoms with Crippen LogP contribution >= 0.6 is 31.3 Å². The zero-order chi connectivity index (χ0) is 22.8. The molecule has 1 aliphatic heterocycles. The molecule has 0 aromatic carbocycles. The Morgan fingerprint density at radius 3 is 1.48 bits per heavy atom. The second-order valence-corrected chi connectivity index (χ2v) is 10.1. The molecule has 8 N–H and O–H groups in total. The van der Waals surface area contributed by atoms with E-state index in [1.54, 1.807) is 0 Å². The molecule has 5 atom stereocenters. The molecule has 0 aliphatic carbocycles. The highest BCUT2D eigenvalue weighted by Gasteiger charge is 2.54. The lowest BCUT2D eigenvalue weighted by atomic mass is 9.99. The van der Waals surface area contributed by atoms with Crippen molar-refractivity contribution < 1.29 is 85.0 Å². The van der Waals surface area contributed by atoms with Crippen molar-refractivity contribution in [1.82, 2.24) is 0 Å². The summed E-state index contributed by atoms with van der Waals surface area (Å²) in [5.74, 6) is 0. The maximum Gasteiger partial charge on any atom is 0.470 e. The molecule has 0 saturated carbocycles. The van der Waals surface area contributed by atoms with Crippen molar-refractivity contribution in [3.05, 3.63) is 0 Å². The summed E-state index contributed by atoms with van der Waals surface area (Å²) in [6.45, 7) is -1.18. The van der Waals surface area contributed by atoms with E-state index in [0.29, 0.717) is 0 Å². The van der Waals surface area contributed by atoms with Gasteiger partial charge in [0.1, 0.15) is 24.4 Å². The first-order valence-electron chi connectivity index (χ1n) is 6.91. The van der Waals surface area contributed by atoms with Gasteiger partial charge in [0, 0.05) is 7.11 Å². The fourth-order valence-corrected chi connectivity index (χ4v) is 4.22. The van der Waals surface area contributed by atoms with E-state index in [1.165, 1.54) is 0 Å². The Bertz CT molecular complexity index is 728. The minimum Gasteiger partial charge on any atom is -0.353 e. The van der Waals surface area contributed by atoms with Crippen LogP contribution in [0.4, 0.5) is 0 Å². The van der Waals surface area contributed by atoms with Gasteiger partial charge < -0.3 is 48.6 Å². The predicted molar refractivity (Wildman–Crippen MR) is 84.4 cm³/mol. The van der Waals surface area contributed by atoms with Gasteiger partial charge in [-0.15, -0.1) is 0 Å². The number of rotatable bonds is 10. The maximum absolute atomic E-state index is 11.3. The topological polar surface area (TPSA) is 285 Å². The van der Waals surface area contributed by atoms with E-state index in [9.17, 15) is 18.3 Å². The van der Waals surface area contributed by atoms with Gasteiger partial charge in [-0.1, -0.05) is 0 Å². The Kier molecular flexibility index (Phi) is 9.33. The van der Waals surface area contributed by atoms with Crippen LogP contribution in [-0.2, 0) is 45.8 Å². The number of hydrogen-bond acceptors (Lipinski definition) is 10. The quantitative estimate of drug-likeness (QED) is 0.145. The van der Waals surface area contributed by atoms with Gasteiger partial charge in [0.25, 0.3) is 0 Å². The van der Waals surface area contributed by atoms with Crippen LogP contribution in [0.15, 0.2) is 0 Å². The summed E-state index contributed by atoms with van der Waals surface area (Å²) < 4.78 is 71.4. The van der Waals surface area contributed by atoms with Gasteiger partial charge in [0.2, 0.25) is 0 Å². The van der Waals surface area contributed by atoms with Crippen molar-refractivity contribution >= 4 is 31.3 Å². The molecule has 22 heteroatoms. The summed E-state index contributed by atoms with van der Waals surface area (Å²) in [6, 6.07) is 0. The molecule has 1 saturated heterocycles. The van der Waals surface area contributed by atoms with E-state index < -0.39 is 68.6 Å². The Morgan fingerprint density at radius 2 is 1.10 bits per heavy atom. The van der Waals surface area contributed by atoms with Crippen molar-refractivity contribution in [3.63, 3.8) is 0 Å². The fraction of sp³-hybridized carbons (Fsp3) is 1.00. The van der Waals surface area contributed by atoms with Crippen LogP contribution in [0, 0.1) is 0 Å². The first kappa shape index (κ1) is 27.4. The van der Waals surface area contributed by atoms with E-state index in [0.717, 1.165) is 7.11 Å². The van der Waals surface area contributed by atoms with E-state index in [-0.39, 0.29) is 0 Å². The molecule has 1 aliphatic rings. The van der Waals surface area contributed by atoms with Crippen molar-refractivity contribution in [1.29, 1.82) is 0 Å². The minimum atomic E-state index is -5.53. The molecule has 0 radical (unpaired) electrons. The normalized spacial score (nSPS) is 29.8. The highest BCUT2D eigenvalue weighted by Crippen LogP contribution is 2.50. The maximum atomic E-state index is 11.3. The monoisotopic (exact) mass is 514 g/mol. The molecule has 0 bridgehead atoms. The molecule has 0 spiro atoms. The number of methoxy groups -OCH3 is 1. The van der Waals surface area contributed by atoms with Crippen LogP contribution in [0.5, 0.6) is 0 Å². The molecular formula is C7H18O18P4. The lowest BCUT2D eigenvalue weighted by molar-refractivity contribution is -0.284. The van der Waals surface area contributed by atoms with E-state index in [1.807, 2.05) is 0 Å². The molecule has 1 heterocycles. The third-order valence-electron chi connectivity index (χ3n) is 3.01. The van der Waals surface area contributed by atoms with Crippen LogP contribution in [-0.4, -0.2) is 83.6 Å². The first-order chi connectivity index (χ1) is 12.8. The van der Waals surface area contributed by atoms with Gasteiger partial charge >= 0.3 is 31.3 Å². The van der Waals surface area contributed by atoms with E-state index >= 15 is 0 Å². The Labute approximate surface area is 161 Å². The fourth-order valence-electron chi connectivity index (χ4n) is 2.21. The van der Waals surface area contributed by atoms with Gasteiger partial charge in [-0.05, 0) is 0 Å². The van der Waals surface area contributed by atoms with Crippen molar-refractivity contribution in [2.45, 2.75) is 30.7 Å². The Balaban J connectivity index is 3.41. The first-order valence-corrected chi connectivity index (χ1v) is 13.0. The third kappa shape index (κ3) is 10.5. The second-order valence-electron chi connectivity index (χ2n) is 5.25. The molecule has 18 nitrogen and oxygen atoms in total. The number of phosphoric acid groups is 4. The van der Waals surface area contributed by atoms with Crippen LogP contribution in [0.2, 0.25) is 0 Å². The molecule has 1 fully saturated rings. The lowest BCUT2D eigenvalue weighted by Gasteiger charge is -2.44. The standard InChI is InChI=1S/C7H18O18P4/c1-20-7-6(25-29(17,18)19)5(24-28(14,15)16)4(23-27(11,12)13)3(22-7)2-21-26(8,9)10/h3-7H,2H2,1H3,(H2,8,9,10)(H2,11,12,13)(H2,14,15,16)(H2,17,18,19)/t3-,4-,5+,6-,7+/m1/s1. The summed E-state index contributed by atoms with van der Waals surface area (Å²) in [5.41, 5.74) is 0. The summed E-state index contributed by atoms with van der Waals surface area (Å²) in [7, 11) is -20.7. The molecule has 29 heavy (non-hydrogen) atoms. The van der Waals surface area contributed by atoms with Crippen molar-refractivity contribution in [2.24, 2.45) is 0 Å². The smallest absolute Gasteiger partial charge is 0.353 e. The van der Waals surface area contributed by atoms with Crippen LogP contribution < -0.4 is 0 Å². The van der Waals surface area contributed by atoms with Crippen molar-refractivity contribution in [3.8, 4) is 0 Å². The predicted octanol–water partition coefficient (Wildman–Crippen LogP) is -2.10. The van der Waals surface area contributed by atoms with Gasteiger partial charge in [-0.25, -0.2) is 18.3 Å². The average molecular weight is 514 g/mol. The highest BCUT2D eigenvalue weighted by atomic mass is 31.2. The zero-order valence-corrected chi connectivity index (χ0v) is 17.6. The summed E-state index contributed by atoms with van der Waals surface area (Å²) >= 11 is 0. The van der Waals surface area contributed by atoms with Gasteiger partial charge in [-0.3, -0.25) is 18.1 Å². The second kappa shape index (κ2) is 9.88. The Hall–Kier alpha value is 0.360. The summed E-state index contributed by atoms with van der Waals surface area (Å²) in [4.78, 5) is 71.7. The van der Waals surface area contributed by atoms with Gasteiger partial charge in [-0.2, -0.15) is 0 Å². The van der Waals surface area contributed by atoms with Gasteiger partial charge in [0.05, 0.1) is 6.61 Å². The number of hydrogen-bond donors (Lipinski definition) is 8. The number of phosphoric ester groups is 4. The largest absolute Gasteiger partial charge is 0.470 e. The minimum absolute atomic E-state index is 0.875. The highest BCUT2D eigenvalue weighted by molar-refractivity contribution is 7.47. The molecule has 174 valence electrons. The lowest BCUT2D eigenvalue weighted by Crippen LogP contribution is -2.61. The van der Waals surface area contributed by atoms with Crippen LogP contribution in [0.25, 0.3) is 0 Å². The molecule has 0 aromatic heterocycles. The molecule has 0 aromatic rings. The molecule has 0 amide bonds. The average Bonchev–Trinajstić information content (AvgIpc) is 2.44. The van der Waals surface area contributed by atoms with E-state index in [4.69, 9.17) is 48.6 Å². The van der Waals surface area contributed by atoms with Crippen molar-refractivity contribution in [2.75, 3.05) is 13.7 Å². The molecular weight excluding hydrogens is 496 g/mol. The molecule has 0 unspecified atom stereocenters. The summed E-state index contributed by atoms with van der Waals surface area (Å²) in [6.07, 6.45) is -10.8.